The Hall–Kier alpha value is -3.27. The Morgan fingerprint density at radius 2 is 1.63 bits per heavy atom. The molecule has 0 aliphatic rings. The average molecular weight is 437 g/mol. The molecule has 30 heavy (non-hydrogen) atoms. The van der Waals surface area contributed by atoms with Crippen molar-refractivity contribution < 1.29 is 14.3 Å². The third-order valence-electron chi connectivity index (χ3n) is 4.04. The van der Waals surface area contributed by atoms with Crippen molar-refractivity contribution in [2.45, 2.75) is 10.6 Å². The van der Waals surface area contributed by atoms with Crippen LogP contribution in [0.4, 0.5) is 5.69 Å². The molecule has 0 aromatic heterocycles. The van der Waals surface area contributed by atoms with E-state index in [-0.39, 0.29) is 0 Å². The monoisotopic (exact) mass is 436 g/mol. The average Bonchev–Trinajstić information content (AvgIpc) is 2.78. The highest BCUT2D eigenvalue weighted by Crippen LogP contribution is 2.24. The van der Waals surface area contributed by atoms with Gasteiger partial charge in [-0.2, -0.15) is 5.26 Å². The number of carbonyl (C=O) groups excluding carboxylic acids is 2. The molecule has 0 saturated carbocycles. The number of halogens is 1. The van der Waals surface area contributed by atoms with Gasteiger partial charge in [-0.05, 0) is 66.2 Å². The number of thioether (sulfide) groups is 1. The largest absolute Gasteiger partial charge is 0.452 e. The number of nitrogens with one attached hydrogen (secondary N) is 1. The lowest BCUT2D eigenvalue weighted by Gasteiger charge is -2.07. The van der Waals surface area contributed by atoms with Crippen LogP contribution in [0.2, 0.25) is 5.02 Å². The van der Waals surface area contributed by atoms with Gasteiger partial charge in [-0.15, -0.1) is 11.8 Å². The second-order valence-corrected chi connectivity index (χ2v) is 7.74. The molecule has 150 valence electrons. The highest BCUT2D eigenvalue weighted by molar-refractivity contribution is 7.98. The van der Waals surface area contributed by atoms with Gasteiger partial charge in [-0.3, -0.25) is 4.79 Å². The number of amides is 1. The Labute approximate surface area is 183 Å². The van der Waals surface area contributed by atoms with E-state index in [4.69, 9.17) is 21.6 Å². The zero-order chi connectivity index (χ0) is 21.3. The van der Waals surface area contributed by atoms with Crippen LogP contribution in [0.15, 0.2) is 77.7 Å². The van der Waals surface area contributed by atoms with Crippen LogP contribution in [0.1, 0.15) is 21.5 Å². The van der Waals surface area contributed by atoms with Crippen LogP contribution < -0.4 is 5.32 Å². The molecule has 3 aromatic rings. The fraction of sp³-hybridized carbons (Fsp3) is 0.0870. The molecular formula is C23H17ClN2O3S. The van der Waals surface area contributed by atoms with Gasteiger partial charge in [0.05, 0.1) is 17.2 Å². The molecule has 3 rings (SSSR count). The number of rotatable bonds is 7. The summed E-state index contributed by atoms with van der Waals surface area (Å²) < 4.78 is 5.07. The molecule has 0 heterocycles. The standard InChI is InChI=1S/C23H17ClN2O3S/c24-19-7-11-21(12-8-19)30-15-17-1-5-18(6-2-17)23(28)29-14-22(27)26-20-9-3-16(13-25)4-10-20/h1-12H,14-15H2,(H,26,27). The highest BCUT2D eigenvalue weighted by Gasteiger charge is 2.11. The first kappa shape index (κ1) is 21.4. The van der Waals surface area contributed by atoms with E-state index in [2.05, 4.69) is 5.32 Å². The van der Waals surface area contributed by atoms with E-state index in [1.165, 1.54) is 0 Å². The summed E-state index contributed by atoms with van der Waals surface area (Å²) >= 11 is 7.55. The molecule has 7 heteroatoms. The number of carbonyl (C=O) groups is 2. The van der Waals surface area contributed by atoms with Gasteiger partial charge in [-0.25, -0.2) is 4.79 Å². The maximum Gasteiger partial charge on any atom is 0.338 e. The number of hydrogen-bond acceptors (Lipinski definition) is 5. The van der Waals surface area contributed by atoms with E-state index < -0.39 is 18.5 Å². The minimum absolute atomic E-state index is 0.376. The van der Waals surface area contributed by atoms with E-state index in [0.717, 1.165) is 16.2 Å². The molecule has 0 saturated heterocycles. The SMILES string of the molecule is N#Cc1ccc(NC(=O)COC(=O)c2ccc(CSc3ccc(Cl)cc3)cc2)cc1. The zero-order valence-corrected chi connectivity index (χ0v) is 17.4. The summed E-state index contributed by atoms with van der Waals surface area (Å²) in [6.45, 7) is -0.396. The lowest BCUT2D eigenvalue weighted by Crippen LogP contribution is -2.20. The van der Waals surface area contributed by atoms with Gasteiger partial charge in [-0.1, -0.05) is 23.7 Å². The Balaban J connectivity index is 1.46. The van der Waals surface area contributed by atoms with Crippen LogP contribution >= 0.6 is 23.4 Å². The maximum atomic E-state index is 12.2. The van der Waals surface area contributed by atoms with Crippen molar-refractivity contribution in [3.63, 3.8) is 0 Å². The van der Waals surface area contributed by atoms with Crippen molar-refractivity contribution >= 4 is 40.9 Å². The van der Waals surface area contributed by atoms with E-state index in [1.54, 1.807) is 48.2 Å². The maximum absolute atomic E-state index is 12.2. The Bertz CT molecular complexity index is 1060. The predicted octanol–water partition coefficient (Wildman–Crippen LogP) is 5.30. The van der Waals surface area contributed by atoms with E-state index in [9.17, 15) is 9.59 Å². The zero-order valence-electron chi connectivity index (χ0n) is 15.8. The van der Waals surface area contributed by atoms with Gasteiger partial charge in [0, 0.05) is 21.4 Å². The minimum Gasteiger partial charge on any atom is -0.452 e. The van der Waals surface area contributed by atoms with Crippen molar-refractivity contribution in [1.82, 2.24) is 0 Å². The molecule has 5 nitrogen and oxygen atoms in total. The Morgan fingerprint density at radius 1 is 0.967 bits per heavy atom. The quantitative estimate of drug-likeness (QED) is 0.401. The molecule has 0 bridgehead atoms. The molecule has 0 radical (unpaired) electrons. The topological polar surface area (TPSA) is 79.2 Å². The van der Waals surface area contributed by atoms with Crippen LogP contribution in [0.25, 0.3) is 0 Å². The number of ether oxygens (including phenoxy) is 1. The summed E-state index contributed by atoms with van der Waals surface area (Å²) in [4.78, 5) is 25.2. The number of nitriles is 1. The van der Waals surface area contributed by atoms with Gasteiger partial charge in [0.25, 0.3) is 5.91 Å². The Morgan fingerprint density at radius 3 is 2.27 bits per heavy atom. The van der Waals surface area contributed by atoms with E-state index >= 15 is 0 Å². The lowest BCUT2D eigenvalue weighted by atomic mass is 10.1. The summed E-state index contributed by atoms with van der Waals surface area (Å²) in [6, 6.07) is 23.1. The van der Waals surface area contributed by atoms with Crippen molar-refractivity contribution in [3.8, 4) is 6.07 Å². The van der Waals surface area contributed by atoms with Crippen LogP contribution in [0.5, 0.6) is 0 Å². The molecule has 1 amide bonds. The van der Waals surface area contributed by atoms with E-state index in [1.807, 2.05) is 42.5 Å². The van der Waals surface area contributed by atoms with Crippen LogP contribution in [0.3, 0.4) is 0 Å². The first-order valence-corrected chi connectivity index (χ1v) is 10.3. The molecule has 0 aliphatic heterocycles. The fourth-order valence-corrected chi connectivity index (χ4v) is 3.45. The number of anilines is 1. The molecule has 0 spiro atoms. The second-order valence-electron chi connectivity index (χ2n) is 6.25. The van der Waals surface area contributed by atoms with Crippen molar-refractivity contribution in [2.24, 2.45) is 0 Å². The minimum atomic E-state index is -0.568. The van der Waals surface area contributed by atoms with Gasteiger partial charge in [0.2, 0.25) is 0 Å². The van der Waals surface area contributed by atoms with Crippen molar-refractivity contribution in [1.29, 1.82) is 5.26 Å². The highest BCUT2D eigenvalue weighted by atomic mass is 35.5. The first-order chi connectivity index (χ1) is 14.5. The summed E-state index contributed by atoms with van der Waals surface area (Å²) in [6.07, 6.45) is 0. The lowest BCUT2D eigenvalue weighted by molar-refractivity contribution is -0.119. The van der Waals surface area contributed by atoms with Gasteiger partial charge in [0.15, 0.2) is 6.61 Å². The molecule has 3 aromatic carbocycles. The predicted molar refractivity (Wildman–Crippen MR) is 118 cm³/mol. The van der Waals surface area contributed by atoms with Crippen molar-refractivity contribution in [2.75, 3.05) is 11.9 Å². The molecule has 0 atom stereocenters. The van der Waals surface area contributed by atoms with Crippen molar-refractivity contribution in [3.05, 3.63) is 94.5 Å². The van der Waals surface area contributed by atoms with Gasteiger partial charge < -0.3 is 10.1 Å². The normalized spacial score (nSPS) is 10.1. The fourth-order valence-electron chi connectivity index (χ4n) is 2.47. The van der Waals surface area contributed by atoms with Crippen LogP contribution in [-0.2, 0) is 15.3 Å². The molecular weight excluding hydrogens is 420 g/mol. The van der Waals surface area contributed by atoms with Crippen LogP contribution in [-0.4, -0.2) is 18.5 Å². The summed E-state index contributed by atoms with van der Waals surface area (Å²) in [7, 11) is 0. The number of hydrogen-bond donors (Lipinski definition) is 1. The molecule has 0 aliphatic carbocycles. The van der Waals surface area contributed by atoms with E-state index in [0.29, 0.717) is 21.8 Å². The van der Waals surface area contributed by atoms with Gasteiger partial charge in [0.1, 0.15) is 0 Å². The third kappa shape index (κ3) is 6.38. The smallest absolute Gasteiger partial charge is 0.338 e. The third-order valence-corrected chi connectivity index (χ3v) is 5.38. The molecule has 0 fully saturated rings. The second kappa shape index (κ2) is 10.5. The first-order valence-electron chi connectivity index (χ1n) is 8.98. The Kier molecular flexibility index (Phi) is 7.50. The summed E-state index contributed by atoms with van der Waals surface area (Å²) in [5.41, 5.74) is 2.46. The summed E-state index contributed by atoms with van der Waals surface area (Å²) in [5.74, 6) is -0.268. The summed E-state index contributed by atoms with van der Waals surface area (Å²) in [5, 5.41) is 12.1. The van der Waals surface area contributed by atoms with Crippen LogP contribution in [0, 0.1) is 11.3 Å². The van der Waals surface area contributed by atoms with Gasteiger partial charge >= 0.3 is 5.97 Å². The number of benzene rings is 3. The number of nitrogens with zero attached hydrogens (tertiary/aromatic N) is 1. The molecule has 1 N–H and O–H groups in total. The number of esters is 1. The molecule has 0 unspecified atom stereocenters.